The molecule has 0 aromatic carbocycles. The average Bonchev–Trinajstić information content (AvgIpc) is 2.40. The maximum absolute atomic E-state index is 2.42. The van der Waals surface area contributed by atoms with Crippen molar-refractivity contribution in [2.45, 2.75) is 84.5 Å². The van der Waals surface area contributed by atoms with E-state index in [1.165, 1.54) is 51.4 Å². The molecular weight excluding hydrogens is 204 g/mol. The summed E-state index contributed by atoms with van der Waals surface area (Å²) in [4.78, 5) is 0. The molecule has 0 aromatic rings. The van der Waals surface area contributed by atoms with Crippen LogP contribution in [0.2, 0.25) is 0 Å². The van der Waals surface area contributed by atoms with Crippen LogP contribution in [0.15, 0.2) is 0 Å². The summed E-state index contributed by atoms with van der Waals surface area (Å²) in [6.07, 6.45) is 16.7. The minimum atomic E-state index is 1.07. The Morgan fingerprint density at radius 2 is 0.941 bits per heavy atom. The van der Waals surface area contributed by atoms with Crippen LogP contribution in [-0.2, 0) is 0 Å². The normalized spacial score (nSPS) is 39.2. The Morgan fingerprint density at radius 3 is 1.29 bits per heavy atom. The van der Waals surface area contributed by atoms with Crippen LogP contribution in [0.1, 0.15) is 84.5 Å². The van der Waals surface area contributed by atoms with E-state index in [2.05, 4.69) is 13.8 Å². The molecule has 0 aromatic heterocycles. The Morgan fingerprint density at radius 1 is 0.588 bits per heavy atom. The van der Waals surface area contributed by atoms with Crippen LogP contribution in [0, 0.1) is 23.7 Å². The van der Waals surface area contributed by atoms with Gasteiger partial charge in [-0.15, -0.1) is 0 Å². The van der Waals surface area contributed by atoms with Crippen LogP contribution in [0.3, 0.4) is 0 Å². The molecule has 17 heavy (non-hydrogen) atoms. The molecule has 2 fully saturated rings. The van der Waals surface area contributed by atoms with E-state index in [9.17, 15) is 0 Å². The van der Waals surface area contributed by atoms with Crippen molar-refractivity contribution in [3.8, 4) is 0 Å². The maximum Gasteiger partial charge on any atom is -0.0383 e. The zero-order chi connectivity index (χ0) is 12.1. The van der Waals surface area contributed by atoms with Crippen molar-refractivity contribution >= 4 is 0 Å². The topological polar surface area (TPSA) is 0 Å². The molecule has 0 aliphatic heterocycles. The second-order valence-corrected chi connectivity index (χ2v) is 6.66. The summed E-state index contributed by atoms with van der Waals surface area (Å²) >= 11 is 0. The van der Waals surface area contributed by atoms with E-state index in [-0.39, 0.29) is 0 Å². The van der Waals surface area contributed by atoms with Gasteiger partial charge in [0.15, 0.2) is 0 Å². The third-order valence-corrected chi connectivity index (χ3v) is 5.79. The van der Waals surface area contributed by atoms with Crippen LogP contribution in [0.4, 0.5) is 0 Å². The molecule has 4 atom stereocenters. The molecule has 0 amide bonds. The van der Waals surface area contributed by atoms with Gasteiger partial charge in [0, 0.05) is 0 Å². The monoisotopic (exact) mass is 236 g/mol. The van der Waals surface area contributed by atoms with Gasteiger partial charge in [-0.1, -0.05) is 78.1 Å². The highest BCUT2D eigenvalue weighted by molar-refractivity contribution is 4.81. The average molecular weight is 236 g/mol. The van der Waals surface area contributed by atoms with Crippen molar-refractivity contribution in [3.05, 3.63) is 0 Å². The van der Waals surface area contributed by atoms with E-state index in [1.54, 1.807) is 19.3 Å². The van der Waals surface area contributed by atoms with E-state index < -0.39 is 0 Å². The SMILES string of the molecule is CCC1CCCCC1CC1CCCCC1CC. The van der Waals surface area contributed by atoms with E-state index in [4.69, 9.17) is 0 Å². The quantitative estimate of drug-likeness (QED) is 0.578. The Bertz CT molecular complexity index is 186. The van der Waals surface area contributed by atoms with Crippen LogP contribution in [-0.4, -0.2) is 0 Å². The van der Waals surface area contributed by atoms with Gasteiger partial charge < -0.3 is 0 Å². The largest absolute Gasteiger partial charge is 0.0651 e. The molecule has 0 nitrogen and oxygen atoms in total. The van der Waals surface area contributed by atoms with Crippen molar-refractivity contribution in [2.75, 3.05) is 0 Å². The van der Waals surface area contributed by atoms with Gasteiger partial charge in [0.05, 0.1) is 0 Å². The summed E-state index contributed by atoms with van der Waals surface area (Å²) in [7, 11) is 0. The minimum absolute atomic E-state index is 1.07. The molecule has 0 saturated heterocycles. The molecule has 0 heteroatoms. The van der Waals surface area contributed by atoms with Crippen molar-refractivity contribution < 1.29 is 0 Å². The zero-order valence-corrected chi connectivity index (χ0v) is 12.1. The number of hydrogen-bond acceptors (Lipinski definition) is 0. The Hall–Kier alpha value is 0. The molecular formula is C17H32. The Kier molecular flexibility index (Phi) is 5.38. The molecule has 4 unspecified atom stereocenters. The van der Waals surface area contributed by atoms with Gasteiger partial charge >= 0.3 is 0 Å². The summed E-state index contributed by atoms with van der Waals surface area (Å²) in [6.45, 7) is 4.84. The van der Waals surface area contributed by atoms with Gasteiger partial charge in [-0.05, 0) is 30.1 Å². The molecule has 2 saturated carbocycles. The highest BCUT2D eigenvalue weighted by Gasteiger charge is 2.30. The summed E-state index contributed by atoms with van der Waals surface area (Å²) in [6, 6.07) is 0. The van der Waals surface area contributed by atoms with Crippen LogP contribution in [0.5, 0.6) is 0 Å². The number of rotatable bonds is 4. The van der Waals surface area contributed by atoms with Gasteiger partial charge in [-0.2, -0.15) is 0 Å². The van der Waals surface area contributed by atoms with Gasteiger partial charge in [0.1, 0.15) is 0 Å². The van der Waals surface area contributed by atoms with Crippen molar-refractivity contribution in [3.63, 3.8) is 0 Å². The van der Waals surface area contributed by atoms with Gasteiger partial charge in [-0.3, -0.25) is 0 Å². The summed E-state index contributed by atoms with van der Waals surface area (Å²) in [5, 5.41) is 0. The van der Waals surface area contributed by atoms with Crippen LogP contribution in [0.25, 0.3) is 0 Å². The predicted molar refractivity (Wildman–Crippen MR) is 76.1 cm³/mol. The highest BCUT2D eigenvalue weighted by atomic mass is 14.4. The number of hydrogen-bond donors (Lipinski definition) is 0. The highest BCUT2D eigenvalue weighted by Crippen LogP contribution is 2.42. The molecule has 2 aliphatic rings. The van der Waals surface area contributed by atoms with E-state index in [0.717, 1.165) is 23.7 Å². The fraction of sp³-hybridized carbons (Fsp3) is 1.00. The standard InChI is InChI=1S/C17H32/c1-3-14-9-5-7-11-16(14)13-17-12-8-6-10-15(17)4-2/h14-17H,3-13H2,1-2H3. The zero-order valence-electron chi connectivity index (χ0n) is 12.1. The summed E-state index contributed by atoms with van der Waals surface area (Å²) in [5.41, 5.74) is 0. The van der Waals surface area contributed by atoms with Crippen molar-refractivity contribution in [2.24, 2.45) is 23.7 Å². The van der Waals surface area contributed by atoms with Gasteiger partial charge in [0.25, 0.3) is 0 Å². The smallest absolute Gasteiger partial charge is 0.0383 e. The molecule has 2 aliphatic carbocycles. The first-order valence-corrected chi connectivity index (χ1v) is 8.35. The fourth-order valence-electron chi connectivity index (χ4n) is 4.65. The summed E-state index contributed by atoms with van der Waals surface area (Å²) < 4.78 is 0. The second-order valence-electron chi connectivity index (χ2n) is 6.66. The Balaban J connectivity index is 1.88. The lowest BCUT2D eigenvalue weighted by Gasteiger charge is -2.38. The van der Waals surface area contributed by atoms with E-state index >= 15 is 0 Å². The molecule has 0 heterocycles. The van der Waals surface area contributed by atoms with Crippen LogP contribution >= 0.6 is 0 Å². The Labute approximate surface area is 109 Å². The van der Waals surface area contributed by atoms with Gasteiger partial charge in [-0.25, -0.2) is 0 Å². The first kappa shape index (κ1) is 13.4. The molecule has 2 rings (SSSR count). The van der Waals surface area contributed by atoms with Crippen molar-refractivity contribution in [1.29, 1.82) is 0 Å². The second kappa shape index (κ2) is 6.81. The van der Waals surface area contributed by atoms with Crippen molar-refractivity contribution in [1.82, 2.24) is 0 Å². The molecule has 0 spiro atoms. The molecule has 0 N–H and O–H groups in total. The predicted octanol–water partition coefficient (Wildman–Crippen LogP) is 5.81. The molecule has 0 bridgehead atoms. The lowest BCUT2D eigenvalue weighted by Crippen LogP contribution is -2.26. The molecule has 0 radical (unpaired) electrons. The van der Waals surface area contributed by atoms with Crippen LogP contribution < -0.4 is 0 Å². The fourth-order valence-corrected chi connectivity index (χ4v) is 4.65. The lowest BCUT2D eigenvalue weighted by molar-refractivity contribution is 0.134. The third-order valence-electron chi connectivity index (χ3n) is 5.79. The maximum atomic E-state index is 2.42. The lowest BCUT2D eigenvalue weighted by atomic mass is 9.68. The first-order chi connectivity index (χ1) is 8.35. The third kappa shape index (κ3) is 3.48. The first-order valence-electron chi connectivity index (χ1n) is 8.35. The minimum Gasteiger partial charge on any atom is -0.0651 e. The van der Waals surface area contributed by atoms with Gasteiger partial charge in [0.2, 0.25) is 0 Å². The molecule has 100 valence electrons. The van der Waals surface area contributed by atoms with E-state index in [1.807, 2.05) is 0 Å². The van der Waals surface area contributed by atoms with E-state index in [0.29, 0.717) is 0 Å². The summed E-state index contributed by atoms with van der Waals surface area (Å²) in [5.74, 6) is 4.32.